The minimum absolute atomic E-state index is 0.0371. The Morgan fingerprint density at radius 2 is 1.90 bits per heavy atom. The highest BCUT2D eigenvalue weighted by atomic mass is 35.5. The third kappa shape index (κ3) is 3.56. The Morgan fingerprint density at radius 3 is 2.40 bits per heavy atom. The van der Waals surface area contributed by atoms with Gasteiger partial charge in [0.15, 0.2) is 8.68 Å². The molecule has 1 heterocycles. The smallest absolute Gasteiger partial charge is 0.252 e. The van der Waals surface area contributed by atoms with E-state index in [0.717, 1.165) is 22.5 Å². The summed E-state index contributed by atoms with van der Waals surface area (Å²) in [6, 6.07) is 7.03. The molecule has 0 bridgehead atoms. The molecule has 0 fully saturated rings. The largest absolute Gasteiger partial charge is 0.392 e. The standard InChI is InChI=1S/C12H13ClN2O3S2/c1-8-11(19-12(13)15-8)20(17,18)14-6-9-2-4-10(7-16)5-3-9/h2-5,14,16H,6-7H2,1H3. The van der Waals surface area contributed by atoms with Gasteiger partial charge >= 0.3 is 0 Å². The fraction of sp³-hybridized carbons (Fsp3) is 0.250. The molecule has 8 heteroatoms. The summed E-state index contributed by atoms with van der Waals surface area (Å²) in [5.74, 6) is 0. The summed E-state index contributed by atoms with van der Waals surface area (Å²) in [6.45, 7) is 1.74. The first-order chi connectivity index (χ1) is 9.42. The van der Waals surface area contributed by atoms with Gasteiger partial charge in [0.05, 0.1) is 12.3 Å². The van der Waals surface area contributed by atoms with Crippen LogP contribution in [0, 0.1) is 6.92 Å². The van der Waals surface area contributed by atoms with Crippen LogP contribution in [0.25, 0.3) is 0 Å². The van der Waals surface area contributed by atoms with E-state index in [-0.39, 0.29) is 21.8 Å². The number of aliphatic hydroxyl groups is 1. The molecule has 0 saturated heterocycles. The Balaban J connectivity index is 2.11. The van der Waals surface area contributed by atoms with E-state index >= 15 is 0 Å². The Morgan fingerprint density at radius 1 is 1.30 bits per heavy atom. The van der Waals surface area contributed by atoms with E-state index in [4.69, 9.17) is 16.7 Å². The molecule has 2 aromatic rings. The highest BCUT2D eigenvalue weighted by molar-refractivity contribution is 7.91. The van der Waals surface area contributed by atoms with Gasteiger partial charge in [-0.1, -0.05) is 47.2 Å². The van der Waals surface area contributed by atoms with Gasteiger partial charge in [0.25, 0.3) is 10.0 Å². The average Bonchev–Trinajstić information content (AvgIpc) is 2.77. The highest BCUT2D eigenvalue weighted by Crippen LogP contribution is 2.26. The van der Waals surface area contributed by atoms with E-state index in [1.807, 2.05) is 0 Å². The number of aliphatic hydroxyl groups excluding tert-OH is 1. The summed E-state index contributed by atoms with van der Waals surface area (Å²) in [7, 11) is -3.61. The van der Waals surface area contributed by atoms with Crippen molar-refractivity contribution in [3.8, 4) is 0 Å². The van der Waals surface area contributed by atoms with Gasteiger partial charge in [-0.25, -0.2) is 18.1 Å². The van der Waals surface area contributed by atoms with Crippen molar-refractivity contribution >= 4 is 33.0 Å². The number of aromatic nitrogens is 1. The summed E-state index contributed by atoms with van der Waals surface area (Å²) in [6.07, 6.45) is 0. The van der Waals surface area contributed by atoms with Gasteiger partial charge in [-0.2, -0.15) is 0 Å². The molecule has 0 aliphatic rings. The molecule has 0 atom stereocenters. The van der Waals surface area contributed by atoms with Gasteiger partial charge in [0.1, 0.15) is 0 Å². The van der Waals surface area contributed by atoms with Crippen molar-refractivity contribution in [3.63, 3.8) is 0 Å². The fourth-order valence-corrected chi connectivity index (χ4v) is 4.41. The van der Waals surface area contributed by atoms with Crippen molar-refractivity contribution in [2.75, 3.05) is 0 Å². The molecule has 0 saturated carbocycles. The summed E-state index contributed by atoms with van der Waals surface area (Å²) in [5, 5.41) is 8.94. The molecule has 1 aromatic carbocycles. The first-order valence-corrected chi connectivity index (χ1v) is 8.41. The second-order valence-electron chi connectivity index (χ2n) is 4.14. The monoisotopic (exact) mass is 332 g/mol. The summed E-state index contributed by atoms with van der Waals surface area (Å²) < 4.78 is 27.1. The predicted molar refractivity (Wildman–Crippen MR) is 78.3 cm³/mol. The fourth-order valence-electron chi connectivity index (χ4n) is 1.61. The zero-order valence-electron chi connectivity index (χ0n) is 10.6. The normalized spacial score (nSPS) is 11.8. The molecule has 2 rings (SSSR count). The van der Waals surface area contributed by atoms with Gasteiger partial charge in [-0.3, -0.25) is 0 Å². The molecule has 1 aromatic heterocycles. The first kappa shape index (κ1) is 15.4. The van der Waals surface area contributed by atoms with Gasteiger partial charge in [-0.05, 0) is 18.1 Å². The van der Waals surface area contributed by atoms with Crippen molar-refractivity contribution in [3.05, 3.63) is 45.6 Å². The molecule has 108 valence electrons. The number of aryl methyl sites for hydroxylation is 1. The summed E-state index contributed by atoms with van der Waals surface area (Å²) in [4.78, 5) is 3.89. The maximum absolute atomic E-state index is 12.1. The van der Waals surface area contributed by atoms with Gasteiger partial charge in [0, 0.05) is 6.54 Å². The molecule has 5 nitrogen and oxygen atoms in total. The summed E-state index contributed by atoms with van der Waals surface area (Å²) >= 11 is 6.65. The maximum Gasteiger partial charge on any atom is 0.252 e. The number of nitrogens with one attached hydrogen (secondary N) is 1. The van der Waals surface area contributed by atoms with E-state index in [1.165, 1.54) is 0 Å². The van der Waals surface area contributed by atoms with E-state index in [1.54, 1.807) is 31.2 Å². The van der Waals surface area contributed by atoms with Crippen LogP contribution in [0.5, 0.6) is 0 Å². The van der Waals surface area contributed by atoms with Crippen LogP contribution < -0.4 is 4.72 Å². The Hall–Kier alpha value is -0.990. The molecule has 0 radical (unpaired) electrons. The molecule has 0 spiro atoms. The minimum Gasteiger partial charge on any atom is -0.392 e. The zero-order chi connectivity index (χ0) is 14.8. The van der Waals surface area contributed by atoms with Crippen LogP contribution in [0.3, 0.4) is 0 Å². The van der Waals surface area contributed by atoms with Crippen molar-refractivity contribution in [2.24, 2.45) is 0 Å². The molecule has 2 N–H and O–H groups in total. The number of thiazole rings is 1. The number of nitrogens with zero attached hydrogens (tertiary/aromatic N) is 1. The Labute approximate surface area is 126 Å². The lowest BCUT2D eigenvalue weighted by Gasteiger charge is -2.06. The van der Waals surface area contributed by atoms with Crippen molar-refractivity contribution in [2.45, 2.75) is 24.3 Å². The Kier molecular flexibility index (Phi) is 4.77. The second kappa shape index (κ2) is 6.19. The molecular formula is C12H13ClN2O3S2. The quantitative estimate of drug-likeness (QED) is 0.878. The molecular weight excluding hydrogens is 320 g/mol. The third-order valence-corrected chi connectivity index (χ3v) is 5.92. The first-order valence-electron chi connectivity index (χ1n) is 5.73. The molecule has 0 aliphatic heterocycles. The lowest BCUT2D eigenvalue weighted by Crippen LogP contribution is -2.23. The van der Waals surface area contributed by atoms with Gasteiger partial charge in [0.2, 0.25) is 0 Å². The number of halogens is 1. The lowest BCUT2D eigenvalue weighted by molar-refractivity contribution is 0.282. The molecule has 20 heavy (non-hydrogen) atoms. The molecule has 0 amide bonds. The minimum atomic E-state index is -3.61. The topological polar surface area (TPSA) is 79.3 Å². The Bertz CT molecular complexity index is 696. The van der Waals surface area contributed by atoms with Crippen LogP contribution in [-0.4, -0.2) is 18.5 Å². The second-order valence-corrected chi connectivity index (χ2v) is 7.68. The van der Waals surface area contributed by atoms with Crippen LogP contribution in [0.1, 0.15) is 16.8 Å². The average molecular weight is 333 g/mol. The summed E-state index contributed by atoms with van der Waals surface area (Å²) in [5.41, 5.74) is 1.98. The van der Waals surface area contributed by atoms with Crippen molar-refractivity contribution in [1.29, 1.82) is 0 Å². The van der Waals surface area contributed by atoms with Crippen LogP contribution in [0.15, 0.2) is 28.5 Å². The van der Waals surface area contributed by atoms with Crippen LogP contribution in [0.4, 0.5) is 0 Å². The van der Waals surface area contributed by atoms with E-state index in [2.05, 4.69) is 9.71 Å². The third-order valence-electron chi connectivity index (χ3n) is 2.64. The SMILES string of the molecule is Cc1nc(Cl)sc1S(=O)(=O)NCc1ccc(CO)cc1. The highest BCUT2D eigenvalue weighted by Gasteiger charge is 2.20. The lowest BCUT2D eigenvalue weighted by atomic mass is 10.1. The number of hydrogen-bond acceptors (Lipinski definition) is 5. The van der Waals surface area contributed by atoms with Crippen molar-refractivity contribution in [1.82, 2.24) is 9.71 Å². The van der Waals surface area contributed by atoms with Crippen molar-refractivity contribution < 1.29 is 13.5 Å². The van der Waals surface area contributed by atoms with Crippen LogP contribution in [0.2, 0.25) is 4.47 Å². The zero-order valence-corrected chi connectivity index (χ0v) is 13.0. The molecule has 0 unspecified atom stereocenters. The van der Waals surface area contributed by atoms with Crippen LogP contribution in [-0.2, 0) is 23.2 Å². The van der Waals surface area contributed by atoms with Gasteiger partial charge in [-0.15, -0.1) is 0 Å². The van der Waals surface area contributed by atoms with E-state index < -0.39 is 10.0 Å². The number of hydrogen-bond donors (Lipinski definition) is 2. The van der Waals surface area contributed by atoms with E-state index in [0.29, 0.717) is 5.69 Å². The van der Waals surface area contributed by atoms with Gasteiger partial charge < -0.3 is 5.11 Å². The number of sulfonamides is 1. The number of benzene rings is 1. The van der Waals surface area contributed by atoms with Crippen LogP contribution >= 0.6 is 22.9 Å². The number of rotatable bonds is 5. The maximum atomic E-state index is 12.1. The predicted octanol–water partition coefficient (Wildman–Crippen LogP) is 2.08. The van der Waals surface area contributed by atoms with E-state index in [9.17, 15) is 8.42 Å². The molecule has 0 aliphatic carbocycles.